The minimum absolute atomic E-state index is 0.0741. The number of hydrogen-bond donors (Lipinski definition) is 3. The van der Waals surface area contributed by atoms with E-state index < -0.39 is 24.0 Å². The van der Waals surface area contributed by atoms with Crippen LogP contribution in [0.25, 0.3) is 11.1 Å². The topological polar surface area (TPSA) is 118 Å². The zero-order valence-corrected chi connectivity index (χ0v) is 19.7. The van der Waals surface area contributed by atoms with Crippen molar-refractivity contribution in [2.45, 2.75) is 24.8 Å². The Morgan fingerprint density at radius 2 is 1.77 bits per heavy atom. The van der Waals surface area contributed by atoms with Crippen LogP contribution in [-0.4, -0.2) is 47.3 Å². The van der Waals surface area contributed by atoms with Crippen molar-refractivity contribution < 1.29 is 24.2 Å². The van der Waals surface area contributed by atoms with Gasteiger partial charge in [-0.3, -0.25) is 14.6 Å². The Bertz CT molecular complexity index is 1200. The van der Waals surface area contributed by atoms with Gasteiger partial charge in [-0.15, -0.1) is 11.3 Å². The molecule has 1 heterocycles. The highest BCUT2D eigenvalue weighted by Gasteiger charge is 2.43. The SMILES string of the molecule is O=C(NC(Cc1cncs1)C(=O)NC[C@@H]1C[C@@H]1C(=O)O)OCC1c2ccccc2-c2ccccc21. The van der Waals surface area contributed by atoms with E-state index in [9.17, 15) is 14.4 Å². The van der Waals surface area contributed by atoms with Gasteiger partial charge < -0.3 is 20.5 Å². The summed E-state index contributed by atoms with van der Waals surface area (Å²) < 4.78 is 5.61. The number of aliphatic carboxylic acids is 1. The van der Waals surface area contributed by atoms with Crippen LogP contribution in [0.4, 0.5) is 4.79 Å². The standard InChI is InChI=1S/C26H25N3O5S/c30-24(28-11-15-9-21(15)25(31)32)23(10-16-12-27-14-35-16)29-26(33)34-13-22-19-7-3-1-5-17(19)18-6-2-4-8-20(18)22/h1-8,12,14-15,21-23H,9-11,13H2,(H,28,30)(H,29,33)(H,31,32)/t15-,21-,23?/m0/s1. The van der Waals surface area contributed by atoms with Crippen molar-refractivity contribution in [2.75, 3.05) is 13.2 Å². The van der Waals surface area contributed by atoms with Crippen molar-refractivity contribution in [1.29, 1.82) is 0 Å². The van der Waals surface area contributed by atoms with E-state index in [1.54, 1.807) is 11.7 Å². The first-order valence-electron chi connectivity index (χ1n) is 11.5. The number of fused-ring (bicyclic) bond motifs is 3. The maximum absolute atomic E-state index is 12.9. The lowest BCUT2D eigenvalue weighted by atomic mass is 9.98. The molecule has 3 atom stereocenters. The van der Waals surface area contributed by atoms with Crippen LogP contribution in [0.3, 0.4) is 0 Å². The summed E-state index contributed by atoms with van der Waals surface area (Å²) in [5.41, 5.74) is 6.16. The number of aromatic nitrogens is 1. The first-order chi connectivity index (χ1) is 17.0. The molecule has 8 nitrogen and oxygen atoms in total. The predicted octanol–water partition coefficient (Wildman–Crippen LogP) is 3.43. The second-order valence-corrected chi connectivity index (χ2v) is 9.85. The van der Waals surface area contributed by atoms with Gasteiger partial charge in [-0.25, -0.2) is 4.79 Å². The van der Waals surface area contributed by atoms with E-state index in [2.05, 4.69) is 27.8 Å². The molecule has 0 radical (unpaired) electrons. The zero-order valence-electron chi connectivity index (χ0n) is 18.8. The third-order valence-corrected chi connectivity index (χ3v) is 7.42. The van der Waals surface area contributed by atoms with E-state index in [1.165, 1.54) is 11.3 Å². The van der Waals surface area contributed by atoms with Crippen LogP contribution in [0, 0.1) is 11.8 Å². The van der Waals surface area contributed by atoms with Gasteiger partial charge in [0, 0.05) is 30.0 Å². The highest BCUT2D eigenvalue weighted by molar-refractivity contribution is 7.09. The number of carbonyl (C=O) groups excluding carboxylic acids is 2. The van der Waals surface area contributed by atoms with Gasteiger partial charge in [0.2, 0.25) is 5.91 Å². The smallest absolute Gasteiger partial charge is 0.407 e. The Labute approximate surface area is 206 Å². The molecule has 9 heteroatoms. The van der Waals surface area contributed by atoms with Gasteiger partial charge in [-0.2, -0.15) is 0 Å². The van der Waals surface area contributed by atoms with Crippen LogP contribution in [0.2, 0.25) is 0 Å². The Kier molecular flexibility index (Phi) is 6.50. The lowest BCUT2D eigenvalue weighted by molar-refractivity contribution is -0.139. The molecule has 180 valence electrons. The predicted molar refractivity (Wildman–Crippen MR) is 130 cm³/mol. The molecule has 3 N–H and O–H groups in total. The van der Waals surface area contributed by atoms with E-state index in [1.807, 2.05) is 36.4 Å². The average molecular weight is 492 g/mol. The maximum Gasteiger partial charge on any atom is 0.407 e. The minimum Gasteiger partial charge on any atom is -0.481 e. The van der Waals surface area contributed by atoms with Crippen LogP contribution < -0.4 is 10.6 Å². The third-order valence-electron chi connectivity index (χ3n) is 6.62. The summed E-state index contributed by atoms with van der Waals surface area (Å²) in [6.07, 6.45) is 1.81. The number of nitrogens with one attached hydrogen (secondary N) is 2. The molecular weight excluding hydrogens is 466 g/mol. The monoisotopic (exact) mass is 491 g/mol. The number of nitrogens with zero attached hydrogens (tertiary/aromatic N) is 1. The largest absolute Gasteiger partial charge is 0.481 e. The second-order valence-electron chi connectivity index (χ2n) is 8.88. The number of amides is 2. The van der Waals surface area contributed by atoms with E-state index in [4.69, 9.17) is 9.84 Å². The molecule has 2 amide bonds. The van der Waals surface area contributed by atoms with Gasteiger partial charge in [0.15, 0.2) is 0 Å². The number of carboxylic acid groups (broad SMARTS) is 1. The number of benzene rings is 2. The van der Waals surface area contributed by atoms with Gasteiger partial charge in [-0.05, 0) is 34.6 Å². The maximum atomic E-state index is 12.9. The lowest BCUT2D eigenvalue weighted by Crippen LogP contribution is -2.48. The van der Waals surface area contributed by atoms with Crippen molar-refractivity contribution in [1.82, 2.24) is 15.6 Å². The molecule has 1 aromatic heterocycles. The summed E-state index contributed by atoms with van der Waals surface area (Å²) in [5.74, 6) is -1.78. The second kappa shape index (κ2) is 9.87. The van der Waals surface area contributed by atoms with Crippen LogP contribution in [0.15, 0.2) is 60.2 Å². The molecule has 1 unspecified atom stereocenters. The van der Waals surface area contributed by atoms with Crippen LogP contribution in [0.5, 0.6) is 0 Å². The van der Waals surface area contributed by atoms with Crippen molar-refractivity contribution in [3.05, 3.63) is 76.2 Å². The van der Waals surface area contributed by atoms with Crippen molar-refractivity contribution in [3.8, 4) is 11.1 Å². The molecule has 5 rings (SSSR count). The summed E-state index contributed by atoms with van der Waals surface area (Å²) >= 11 is 1.39. The van der Waals surface area contributed by atoms with Gasteiger partial charge in [0.25, 0.3) is 0 Å². The van der Waals surface area contributed by atoms with Gasteiger partial charge in [-0.1, -0.05) is 48.5 Å². The molecular formula is C26H25N3O5S. The number of hydrogen-bond acceptors (Lipinski definition) is 6. The normalized spacial score (nSPS) is 18.7. The number of ether oxygens (including phenoxy) is 1. The van der Waals surface area contributed by atoms with E-state index in [0.717, 1.165) is 27.1 Å². The fourth-order valence-electron chi connectivity index (χ4n) is 4.67. The van der Waals surface area contributed by atoms with Gasteiger partial charge in [0.1, 0.15) is 12.6 Å². The fraction of sp³-hybridized carbons (Fsp3) is 0.308. The quantitative estimate of drug-likeness (QED) is 0.422. The van der Waals surface area contributed by atoms with Crippen LogP contribution in [0.1, 0.15) is 28.3 Å². The number of thiazole rings is 1. The number of carbonyl (C=O) groups is 3. The van der Waals surface area contributed by atoms with E-state index in [-0.39, 0.29) is 37.3 Å². The zero-order chi connectivity index (χ0) is 24.4. The molecule has 2 aromatic carbocycles. The molecule has 0 aliphatic heterocycles. The minimum atomic E-state index is -0.854. The fourth-order valence-corrected chi connectivity index (χ4v) is 5.31. The van der Waals surface area contributed by atoms with Gasteiger partial charge >= 0.3 is 12.1 Å². The molecule has 0 spiro atoms. The summed E-state index contributed by atoms with van der Waals surface area (Å²) in [6, 6.07) is 15.3. The summed E-state index contributed by atoms with van der Waals surface area (Å²) in [5, 5.41) is 14.5. The highest BCUT2D eigenvalue weighted by Crippen LogP contribution is 2.44. The molecule has 35 heavy (non-hydrogen) atoms. The summed E-state index contributed by atoms with van der Waals surface area (Å²) in [6.45, 7) is 0.415. The average Bonchev–Trinajstić information content (AvgIpc) is 3.34. The van der Waals surface area contributed by atoms with Crippen LogP contribution in [-0.2, 0) is 20.7 Å². The lowest BCUT2D eigenvalue weighted by Gasteiger charge is -2.19. The first kappa shape index (κ1) is 23.0. The Morgan fingerprint density at radius 3 is 2.37 bits per heavy atom. The third kappa shape index (κ3) is 5.05. The Hall–Kier alpha value is -3.72. The van der Waals surface area contributed by atoms with E-state index in [0.29, 0.717) is 6.42 Å². The molecule has 1 saturated carbocycles. The summed E-state index contributed by atoms with van der Waals surface area (Å²) in [7, 11) is 0. The number of rotatable bonds is 9. The van der Waals surface area contributed by atoms with Crippen molar-refractivity contribution >= 4 is 29.3 Å². The Morgan fingerprint density at radius 1 is 1.09 bits per heavy atom. The summed E-state index contributed by atoms with van der Waals surface area (Å²) in [4.78, 5) is 41.5. The molecule has 2 aliphatic carbocycles. The first-order valence-corrected chi connectivity index (χ1v) is 12.4. The van der Waals surface area contributed by atoms with Crippen molar-refractivity contribution in [3.63, 3.8) is 0 Å². The highest BCUT2D eigenvalue weighted by atomic mass is 32.1. The molecule has 0 saturated heterocycles. The van der Waals surface area contributed by atoms with Crippen LogP contribution >= 0.6 is 11.3 Å². The van der Waals surface area contributed by atoms with Crippen molar-refractivity contribution in [2.24, 2.45) is 11.8 Å². The number of carboxylic acids is 1. The number of alkyl carbamates (subject to hydrolysis) is 1. The molecule has 2 aliphatic rings. The molecule has 3 aromatic rings. The Balaban J connectivity index is 1.22. The molecule has 0 bridgehead atoms. The molecule has 1 fully saturated rings. The van der Waals surface area contributed by atoms with E-state index >= 15 is 0 Å². The van der Waals surface area contributed by atoms with Gasteiger partial charge in [0.05, 0.1) is 11.4 Å².